The van der Waals surface area contributed by atoms with Gasteiger partial charge in [0.25, 0.3) is 21.6 Å². The monoisotopic (exact) mass is 449 g/mol. The van der Waals surface area contributed by atoms with Crippen LogP contribution in [-0.2, 0) is 21.3 Å². The van der Waals surface area contributed by atoms with Crippen LogP contribution in [-0.4, -0.2) is 44.1 Å². The van der Waals surface area contributed by atoms with Crippen molar-refractivity contribution in [3.05, 3.63) is 82.4 Å². The third kappa shape index (κ3) is 6.43. The van der Waals surface area contributed by atoms with Crippen LogP contribution in [0.2, 0.25) is 0 Å². The normalized spacial score (nSPS) is 13.2. The van der Waals surface area contributed by atoms with E-state index in [-0.39, 0.29) is 23.1 Å². The van der Waals surface area contributed by atoms with E-state index in [0.717, 1.165) is 29.8 Å². The van der Waals surface area contributed by atoms with Gasteiger partial charge in [-0.05, 0) is 36.2 Å². The molecule has 2 rings (SSSR count). The Labute approximate surface area is 179 Å². The summed E-state index contributed by atoms with van der Waals surface area (Å²) in [4.78, 5) is 28.7. The van der Waals surface area contributed by atoms with Gasteiger partial charge >= 0.3 is 0 Å². The zero-order valence-corrected chi connectivity index (χ0v) is 17.5. The summed E-state index contributed by atoms with van der Waals surface area (Å²) in [5, 5.41) is 23.0. The smallest absolute Gasteiger partial charge is 0.269 e. The number of nitrogens with zero attached hydrogens (tertiary/aromatic N) is 1. The van der Waals surface area contributed by atoms with Crippen LogP contribution in [0.1, 0.15) is 15.9 Å². The lowest BCUT2D eigenvalue weighted by Crippen LogP contribution is -2.35. The largest absolute Gasteiger partial charge is 0.396 e. The molecule has 0 fully saturated rings. The summed E-state index contributed by atoms with van der Waals surface area (Å²) in [6.07, 6.45) is 0.829. The van der Waals surface area contributed by atoms with Crippen LogP contribution in [0, 0.1) is 16.0 Å². The maximum absolute atomic E-state index is 12.4. The Kier molecular flexibility index (Phi) is 8.39. The molecule has 0 aliphatic carbocycles. The Balaban J connectivity index is 2.06. The van der Waals surface area contributed by atoms with Crippen LogP contribution in [0.3, 0.4) is 0 Å². The molecule has 0 aliphatic heterocycles. The standard InChI is InChI=1S/C20H23N3O7S/c1-3-19(16(13-24)12-14-4-6-15(7-5-14)20(25)21-2)30-22-31(28,29)18-10-8-17(9-11-18)23(26)27/h3-11,16,19,22,24H,1,12-13H2,2H3,(H,21,25)/t16-,19-/m1/s1. The first-order valence-corrected chi connectivity index (χ1v) is 10.7. The molecule has 10 nitrogen and oxygen atoms in total. The van der Waals surface area contributed by atoms with Crippen LogP contribution >= 0.6 is 0 Å². The number of hydrogen-bond acceptors (Lipinski definition) is 7. The highest BCUT2D eigenvalue weighted by molar-refractivity contribution is 7.89. The number of nitro groups is 1. The Bertz CT molecular complexity index is 1020. The molecule has 0 heterocycles. The summed E-state index contributed by atoms with van der Waals surface area (Å²) in [6, 6.07) is 11.1. The van der Waals surface area contributed by atoms with E-state index in [9.17, 15) is 28.4 Å². The minimum atomic E-state index is -4.11. The van der Waals surface area contributed by atoms with Crippen molar-refractivity contribution in [2.45, 2.75) is 17.4 Å². The second-order valence-corrected chi connectivity index (χ2v) is 8.22. The van der Waals surface area contributed by atoms with E-state index in [1.54, 1.807) is 24.3 Å². The second kappa shape index (κ2) is 10.8. The molecule has 0 aromatic heterocycles. The number of aliphatic hydroxyl groups is 1. The van der Waals surface area contributed by atoms with Gasteiger partial charge in [0.2, 0.25) is 0 Å². The molecule has 0 saturated heterocycles. The van der Waals surface area contributed by atoms with E-state index in [4.69, 9.17) is 4.84 Å². The summed E-state index contributed by atoms with van der Waals surface area (Å²) >= 11 is 0. The Hall–Kier alpha value is -3.12. The molecule has 1 amide bonds. The highest BCUT2D eigenvalue weighted by atomic mass is 32.2. The average Bonchev–Trinajstić information content (AvgIpc) is 2.78. The summed E-state index contributed by atoms with van der Waals surface area (Å²) in [5.74, 6) is -0.749. The number of nitrogens with one attached hydrogen (secondary N) is 2. The van der Waals surface area contributed by atoms with Crippen molar-refractivity contribution in [2.24, 2.45) is 5.92 Å². The molecule has 11 heteroatoms. The number of amides is 1. The molecule has 31 heavy (non-hydrogen) atoms. The topological polar surface area (TPSA) is 148 Å². The average molecular weight is 449 g/mol. The van der Waals surface area contributed by atoms with Crippen molar-refractivity contribution in [3.8, 4) is 0 Å². The van der Waals surface area contributed by atoms with Crippen molar-refractivity contribution >= 4 is 21.6 Å². The summed E-state index contributed by atoms with van der Waals surface area (Å²) in [5.41, 5.74) is 1.05. The van der Waals surface area contributed by atoms with Gasteiger partial charge < -0.3 is 10.4 Å². The minimum absolute atomic E-state index is 0.216. The number of carbonyl (C=O) groups is 1. The van der Waals surface area contributed by atoms with E-state index in [0.29, 0.717) is 12.0 Å². The number of rotatable bonds is 11. The van der Waals surface area contributed by atoms with Gasteiger partial charge in [0, 0.05) is 37.3 Å². The molecule has 0 unspecified atom stereocenters. The third-order valence-corrected chi connectivity index (χ3v) is 5.73. The van der Waals surface area contributed by atoms with Crippen molar-refractivity contribution in [2.75, 3.05) is 13.7 Å². The van der Waals surface area contributed by atoms with Crippen molar-refractivity contribution in [1.29, 1.82) is 0 Å². The van der Waals surface area contributed by atoms with E-state index >= 15 is 0 Å². The van der Waals surface area contributed by atoms with Crippen molar-refractivity contribution < 1.29 is 28.1 Å². The number of aliphatic hydroxyl groups excluding tert-OH is 1. The Morgan fingerprint density at radius 3 is 2.32 bits per heavy atom. The molecule has 3 N–H and O–H groups in total. The quantitative estimate of drug-likeness (QED) is 0.268. The number of sulfonamides is 1. The molecule has 0 spiro atoms. The first kappa shape index (κ1) is 24.2. The summed E-state index contributed by atoms with van der Waals surface area (Å²) in [7, 11) is -2.58. The van der Waals surface area contributed by atoms with Crippen LogP contribution in [0.5, 0.6) is 0 Å². The highest BCUT2D eigenvalue weighted by Gasteiger charge is 2.23. The Morgan fingerprint density at radius 2 is 1.84 bits per heavy atom. The first-order chi connectivity index (χ1) is 14.7. The Morgan fingerprint density at radius 1 is 1.23 bits per heavy atom. The lowest BCUT2D eigenvalue weighted by Gasteiger charge is -2.23. The predicted octanol–water partition coefficient (Wildman–Crippen LogP) is 1.57. The number of nitro benzene ring substituents is 1. The molecule has 0 radical (unpaired) electrons. The lowest BCUT2D eigenvalue weighted by molar-refractivity contribution is -0.384. The molecular weight excluding hydrogens is 426 g/mol. The van der Waals surface area contributed by atoms with E-state index in [2.05, 4.69) is 11.9 Å². The maximum atomic E-state index is 12.4. The fourth-order valence-corrected chi connectivity index (χ4v) is 3.60. The van der Waals surface area contributed by atoms with Gasteiger partial charge in [-0.25, -0.2) is 8.42 Å². The van der Waals surface area contributed by atoms with Gasteiger partial charge in [0.15, 0.2) is 0 Å². The highest BCUT2D eigenvalue weighted by Crippen LogP contribution is 2.19. The summed E-state index contributed by atoms with van der Waals surface area (Å²) in [6.45, 7) is 3.31. The van der Waals surface area contributed by atoms with Gasteiger partial charge in [-0.2, -0.15) is 0 Å². The molecule has 0 bridgehead atoms. The minimum Gasteiger partial charge on any atom is -0.396 e. The number of benzene rings is 2. The van der Waals surface area contributed by atoms with Crippen molar-refractivity contribution in [3.63, 3.8) is 0 Å². The number of carbonyl (C=O) groups excluding carboxylic acids is 1. The molecule has 0 saturated carbocycles. The molecule has 0 aliphatic rings. The van der Waals surface area contributed by atoms with Crippen LogP contribution < -0.4 is 10.2 Å². The summed E-state index contributed by atoms with van der Waals surface area (Å²) < 4.78 is 24.8. The molecule has 2 atom stereocenters. The number of non-ortho nitro benzene ring substituents is 1. The van der Waals surface area contributed by atoms with E-state index in [1.165, 1.54) is 13.1 Å². The fourth-order valence-electron chi connectivity index (χ4n) is 2.77. The predicted molar refractivity (Wildman–Crippen MR) is 113 cm³/mol. The van der Waals surface area contributed by atoms with E-state index < -0.39 is 27.0 Å². The molecule has 2 aromatic carbocycles. The first-order valence-electron chi connectivity index (χ1n) is 9.18. The van der Waals surface area contributed by atoms with Crippen LogP contribution in [0.25, 0.3) is 0 Å². The van der Waals surface area contributed by atoms with Gasteiger partial charge in [-0.3, -0.25) is 19.7 Å². The number of hydrogen-bond donors (Lipinski definition) is 3. The van der Waals surface area contributed by atoms with Gasteiger partial charge in [0.05, 0.1) is 9.82 Å². The zero-order valence-electron chi connectivity index (χ0n) is 16.7. The third-order valence-electron chi connectivity index (χ3n) is 4.52. The van der Waals surface area contributed by atoms with E-state index in [1.807, 2.05) is 4.89 Å². The van der Waals surface area contributed by atoms with Crippen molar-refractivity contribution in [1.82, 2.24) is 10.2 Å². The van der Waals surface area contributed by atoms with Crippen LogP contribution in [0.15, 0.2) is 66.1 Å². The fraction of sp³-hybridized carbons (Fsp3) is 0.250. The SMILES string of the molecule is C=C[C@@H](ONS(=O)(=O)c1ccc([N+](=O)[O-])cc1)[C@@H](CO)Cc1ccc(C(=O)NC)cc1. The van der Waals surface area contributed by atoms with Gasteiger partial charge in [0.1, 0.15) is 6.10 Å². The van der Waals surface area contributed by atoms with Gasteiger partial charge in [-0.1, -0.05) is 23.1 Å². The van der Waals surface area contributed by atoms with Gasteiger partial charge in [-0.15, -0.1) is 6.58 Å². The maximum Gasteiger partial charge on any atom is 0.269 e. The molecule has 166 valence electrons. The second-order valence-electron chi connectivity index (χ2n) is 6.58. The van der Waals surface area contributed by atoms with Crippen LogP contribution in [0.4, 0.5) is 5.69 Å². The molecule has 2 aromatic rings. The zero-order chi connectivity index (χ0) is 23.0. The lowest BCUT2D eigenvalue weighted by atomic mass is 9.94. The molecular formula is C20H23N3O7S.